The SMILES string of the molecule is CC1CCCC2(CCCCCc3cc(OCc4ccccc4)cc(OCc4ccccc4)c3C(=O)O1)SCCCS2. The van der Waals surface area contributed by atoms with Crippen molar-refractivity contribution in [2.75, 3.05) is 11.5 Å². The van der Waals surface area contributed by atoms with Gasteiger partial charge in [-0.25, -0.2) is 4.79 Å². The minimum absolute atomic E-state index is 0.148. The highest BCUT2D eigenvalue weighted by atomic mass is 32.2. The summed E-state index contributed by atoms with van der Waals surface area (Å²) in [6.45, 7) is 2.85. The zero-order valence-electron chi connectivity index (χ0n) is 24.1. The molecule has 2 heterocycles. The lowest BCUT2D eigenvalue weighted by molar-refractivity contribution is 0.0313. The summed E-state index contributed by atoms with van der Waals surface area (Å²) in [7, 11) is 0. The fraction of sp³-hybridized carbons (Fsp3) is 0.457. The van der Waals surface area contributed by atoms with Crippen LogP contribution in [-0.2, 0) is 24.4 Å². The van der Waals surface area contributed by atoms with E-state index in [0.717, 1.165) is 48.8 Å². The summed E-state index contributed by atoms with van der Waals surface area (Å²) in [5.74, 6) is 3.49. The number of carbonyl (C=O) groups is 1. The highest BCUT2D eigenvalue weighted by Gasteiger charge is 2.33. The molecule has 0 radical (unpaired) electrons. The van der Waals surface area contributed by atoms with E-state index in [0.29, 0.717) is 34.4 Å². The lowest BCUT2D eigenvalue weighted by atomic mass is 9.98. The molecule has 1 saturated heterocycles. The normalized spacial score (nSPS) is 19.9. The molecule has 218 valence electrons. The van der Waals surface area contributed by atoms with Crippen LogP contribution in [0, 0.1) is 0 Å². The first kappa shape index (κ1) is 29.9. The van der Waals surface area contributed by atoms with Crippen molar-refractivity contribution < 1.29 is 19.0 Å². The number of fused-ring (bicyclic) bond motifs is 1. The monoisotopic (exact) mass is 590 g/mol. The van der Waals surface area contributed by atoms with Gasteiger partial charge in [0.1, 0.15) is 30.3 Å². The third-order valence-corrected chi connectivity index (χ3v) is 11.4. The third kappa shape index (κ3) is 8.71. The van der Waals surface area contributed by atoms with Gasteiger partial charge in [0.2, 0.25) is 0 Å². The van der Waals surface area contributed by atoms with E-state index in [1.54, 1.807) is 0 Å². The molecule has 0 aromatic heterocycles. The highest BCUT2D eigenvalue weighted by molar-refractivity contribution is 8.18. The van der Waals surface area contributed by atoms with Crippen molar-refractivity contribution in [3.8, 4) is 11.5 Å². The fourth-order valence-electron chi connectivity index (χ4n) is 5.62. The van der Waals surface area contributed by atoms with Crippen LogP contribution in [0.25, 0.3) is 0 Å². The first-order valence-corrected chi connectivity index (χ1v) is 17.1. The molecule has 5 rings (SSSR count). The van der Waals surface area contributed by atoms with Gasteiger partial charge in [0.15, 0.2) is 0 Å². The zero-order chi connectivity index (χ0) is 28.3. The Morgan fingerprint density at radius 1 is 0.805 bits per heavy atom. The molecule has 1 fully saturated rings. The van der Waals surface area contributed by atoms with Crippen molar-refractivity contribution in [2.45, 2.75) is 88.1 Å². The van der Waals surface area contributed by atoms with Gasteiger partial charge in [0, 0.05) is 6.07 Å². The van der Waals surface area contributed by atoms with E-state index < -0.39 is 0 Å². The quantitative estimate of drug-likeness (QED) is 0.267. The molecule has 41 heavy (non-hydrogen) atoms. The van der Waals surface area contributed by atoms with Crippen LogP contribution in [-0.4, -0.2) is 27.7 Å². The third-order valence-electron chi connectivity index (χ3n) is 7.85. The van der Waals surface area contributed by atoms with Crippen LogP contribution in [0.2, 0.25) is 0 Å². The number of hydrogen-bond donors (Lipinski definition) is 0. The molecule has 0 bridgehead atoms. The molecule has 0 amide bonds. The van der Waals surface area contributed by atoms with E-state index in [4.69, 9.17) is 14.2 Å². The summed E-state index contributed by atoms with van der Waals surface area (Å²) >= 11 is 4.34. The number of aryl methyl sites for hydroxylation is 1. The van der Waals surface area contributed by atoms with Crippen molar-refractivity contribution in [3.63, 3.8) is 0 Å². The lowest BCUT2D eigenvalue weighted by Gasteiger charge is -2.36. The number of hydrogen-bond acceptors (Lipinski definition) is 6. The van der Waals surface area contributed by atoms with Crippen LogP contribution < -0.4 is 9.47 Å². The minimum atomic E-state index is -0.293. The second-order valence-electron chi connectivity index (χ2n) is 11.1. The molecular weight excluding hydrogens is 549 g/mol. The minimum Gasteiger partial charge on any atom is -0.489 e. The Labute approximate surface area is 253 Å². The van der Waals surface area contributed by atoms with E-state index in [-0.39, 0.29) is 12.1 Å². The van der Waals surface area contributed by atoms with Crippen molar-refractivity contribution in [1.82, 2.24) is 0 Å². The van der Waals surface area contributed by atoms with Crippen LogP contribution >= 0.6 is 23.5 Å². The maximum atomic E-state index is 13.8. The number of rotatable bonds is 6. The number of ether oxygens (including phenoxy) is 3. The Kier molecular flexibility index (Phi) is 11.0. The predicted molar refractivity (Wildman–Crippen MR) is 171 cm³/mol. The number of esters is 1. The molecule has 0 aliphatic carbocycles. The van der Waals surface area contributed by atoms with Gasteiger partial charge in [-0.3, -0.25) is 0 Å². The number of thioether (sulfide) groups is 2. The van der Waals surface area contributed by atoms with Gasteiger partial charge in [-0.05, 0) is 86.1 Å². The van der Waals surface area contributed by atoms with Gasteiger partial charge in [0.05, 0.1) is 10.2 Å². The van der Waals surface area contributed by atoms with Gasteiger partial charge in [-0.2, -0.15) is 0 Å². The van der Waals surface area contributed by atoms with Crippen molar-refractivity contribution in [1.29, 1.82) is 0 Å². The smallest absolute Gasteiger partial charge is 0.342 e. The molecule has 3 aromatic carbocycles. The van der Waals surface area contributed by atoms with Crippen LogP contribution in [0.3, 0.4) is 0 Å². The molecule has 0 saturated carbocycles. The molecule has 1 unspecified atom stereocenters. The Balaban J connectivity index is 1.40. The molecule has 1 spiro atoms. The Morgan fingerprint density at radius 3 is 2.17 bits per heavy atom. The molecule has 2 aliphatic rings. The summed E-state index contributed by atoms with van der Waals surface area (Å²) < 4.78 is 19.0. The topological polar surface area (TPSA) is 44.8 Å². The summed E-state index contributed by atoms with van der Waals surface area (Å²) in [4.78, 5) is 13.8. The Hall–Kier alpha value is -2.57. The van der Waals surface area contributed by atoms with E-state index in [2.05, 4.69) is 35.7 Å². The lowest BCUT2D eigenvalue weighted by Crippen LogP contribution is -2.26. The second-order valence-corrected chi connectivity index (χ2v) is 14.3. The predicted octanol–water partition coefficient (Wildman–Crippen LogP) is 9.24. The number of benzene rings is 3. The number of cyclic esters (lactones) is 1. The highest BCUT2D eigenvalue weighted by Crippen LogP contribution is 2.49. The first-order chi connectivity index (χ1) is 20.1. The Bertz CT molecular complexity index is 1240. The summed E-state index contributed by atoms with van der Waals surface area (Å²) in [6, 6.07) is 24.1. The fourth-order valence-corrected chi connectivity index (χ4v) is 9.12. The maximum absolute atomic E-state index is 13.8. The van der Waals surface area contributed by atoms with E-state index in [1.807, 2.05) is 67.6 Å². The Morgan fingerprint density at radius 2 is 1.46 bits per heavy atom. The van der Waals surface area contributed by atoms with Crippen LogP contribution in [0.1, 0.15) is 85.3 Å². The van der Waals surface area contributed by atoms with Gasteiger partial charge in [-0.15, -0.1) is 23.5 Å². The van der Waals surface area contributed by atoms with E-state index >= 15 is 0 Å². The summed E-state index contributed by atoms with van der Waals surface area (Å²) in [6.07, 6.45) is 9.73. The molecule has 4 nitrogen and oxygen atoms in total. The van der Waals surface area contributed by atoms with Gasteiger partial charge in [0.25, 0.3) is 0 Å². The number of carbonyl (C=O) groups excluding carboxylic acids is 1. The molecule has 0 N–H and O–H groups in total. The zero-order valence-corrected chi connectivity index (χ0v) is 25.8. The standard InChI is InChI=1S/C35H42O4S2/c1-27-13-11-20-35(40-21-12-22-41-35)19-10-4-9-18-30-23-31(37-25-28-14-5-2-6-15-28)24-32(33(30)34(36)39-27)38-26-29-16-7-3-8-17-29/h2-3,5-8,14-17,23-24,27H,4,9-13,18-22,25-26H2,1H3. The maximum Gasteiger partial charge on any atom is 0.342 e. The largest absolute Gasteiger partial charge is 0.489 e. The second kappa shape index (κ2) is 15.1. The first-order valence-electron chi connectivity index (χ1n) is 15.1. The van der Waals surface area contributed by atoms with Gasteiger partial charge >= 0.3 is 5.97 Å². The summed E-state index contributed by atoms with van der Waals surface area (Å²) in [5, 5.41) is 0. The molecular formula is C35H42O4S2. The molecule has 3 aromatic rings. The van der Waals surface area contributed by atoms with Gasteiger partial charge in [-0.1, -0.05) is 73.5 Å². The van der Waals surface area contributed by atoms with Gasteiger partial charge < -0.3 is 14.2 Å². The van der Waals surface area contributed by atoms with E-state index in [1.165, 1.54) is 37.2 Å². The average Bonchev–Trinajstić information content (AvgIpc) is 3.00. The average molecular weight is 591 g/mol. The van der Waals surface area contributed by atoms with E-state index in [9.17, 15) is 4.79 Å². The molecule has 6 heteroatoms. The van der Waals surface area contributed by atoms with Crippen LogP contribution in [0.5, 0.6) is 11.5 Å². The molecule has 1 atom stereocenters. The summed E-state index contributed by atoms with van der Waals surface area (Å²) in [5.41, 5.74) is 3.64. The van der Waals surface area contributed by atoms with Crippen molar-refractivity contribution in [3.05, 3.63) is 95.1 Å². The van der Waals surface area contributed by atoms with Crippen LogP contribution in [0.4, 0.5) is 0 Å². The molecule has 2 aliphatic heterocycles. The van der Waals surface area contributed by atoms with Crippen molar-refractivity contribution >= 4 is 29.5 Å². The van der Waals surface area contributed by atoms with Crippen LogP contribution in [0.15, 0.2) is 72.8 Å². The van der Waals surface area contributed by atoms with Crippen molar-refractivity contribution in [2.24, 2.45) is 0 Å².